The number of carbonyl (C=O) groups excluding carboxylic acids is 1. The quantitative estimate of drug-likeness (QED) is 0.642. The van der Waals surface area contributed by atoms with E-state index in [0.29, 0.717) is 38.3 Å². The van der Waals surface area contributed by atoms with E-state index in [1.165, 1.54) is 22.7 Å². The normalized spacial score (nSPS) is 14.2. The fourth-order valence-electron chi connectivity index (χ4n) is 3.87. The fraction of sp³-hybridized carbons (Fsp3) is 0.550. The Labute approximate surface area is 177 Å². The molecule has 0 atom stereocenters. The van der Waals surface area contributed by atoms with Crippen molar-refractivity contribution in [3.63, 3.8) is 0 Å². The Hall–Kier alpha value is -2.13. The van der Waals surface area contributed by atoms with E-state index in [9.17, 15) is 9.59 Å². The molecule has 7 nitrogen and oxygen atoms in total. The summed E-state index contributed by atoms with van der Waals surface area (Å²) in [4.78, 5) is 31.9. The zero-order valence-electron chi connectivity index (χ0n) is 16.9. The van der Waals surface area contributed by atoms with Crippen molar-refractivity contribution in [3.05, 3.63) is 31.6 Å². The first-order valence-corrected chi connectivity index (χ1v) is 11.8. The average Bonchev–Trinajstić information content (AvgIpc) is 3.20. The maximum absolute atomic E-state index is 13.1. The third kappa shape index (κ3) is 3.73. The number of thiophene rings is 1. The predicted molar refractivity (Wildman–Crippen MR) is 117 cm³/mol. The van der Waals surface area contributed by atoms with Crippen LogP contribution in [0.4, 0.5) is 5.13 Å². The van der Waals surface area contributed by atoms with Crippen molar-refractivity contribution >= 4 is 43.9 Å². The van der Waals surface area contributed by atoms with Gasteiger partial charge < -0.3 is 0 Å². The van der Waals surface area contributed by atoms with Crippen molar-refractivity contribution in [2.75, 3.05) is 5.32 Å². The number of aryl methyl sites for hydroxylation is 2. The summed E-state index contributed by atoms with van der Waals surface area (Å²) in [7, 11) is 0. The van der Waals surface area contributed by atoms with Crippen LogP contribution in [0.1, 0.15) is 77.9 Å². The molecule has 1 amide bonds. The van der Waals surface area contributed by atoms with Crippen molar-refractivity contribution < 1.29 is 4.79 Å². The SMILES string of the molecule is CCC(CC)c1nnc(NC(=O)c2sc3nc4n(c(=O)c3c2C)CCCCC4)s1. The number of hydrogen-bond acceptors (Lipinski definition) is 7. The number of fused-ring (bicyclic) bond motifs is 2. The van der Waals surface area contributed by atoms with Gasteiger partial charge in [-0.3, -0.25) is 19.5 Å². The summed E-state index contributed by atoms with van der Waals surface area (Å²) >= 11 is 2.71. The highest BCUT2D eigenvalue weighted by Crippen LogP contribution is 2.31. The van der Waals surface area contributed by atoms with Crippen molar-refractivity contribution in [1.29, 1.82) is 0 Å². The lowest BCUT2D eigenvalue weighted by molar-refractivity contribution is 0.103. The summed E-state index contributed by atoms with van der Waals surface area (Å²) in [6.45, 7) is 6.79. The minimum absolute atomic E-state index is 0.0216. The lowest BCUT2D eigenvalue weighted by atomic mass is 10.1. The molecule has 0 aliphatic carbocycles. The lowest BCUT2D eigenvalue weighted by Crippen LogP contribution is -2.24. The van der Waals surface area contributed by atoms with Gasteiger partial charge in [-0.25, -0.2) is 4.98 Å². The fourth-order valence-corrected chi connectivity index (χ4v) is 5.96. The molecule has 0 saturated carbocycles. The summed E-state index contributed by atoms with van der Waals surface area (Å²) in [5, 5.41) is 13.2. The molecule has 4 rings (SSSR count). The predicted octanol–water partition coefficient (Wildman–Crippen LogP) is 4.50. The van der Waals surface area contributed by atoms with Gasteiger partial charge in [0.15, 0.2) is 0 Å². The van der Waals surface area contributed by atoms with E-state index in [1.54, 1.807) is 4.57 Å². The first-order chi connectivity index (χ1) is 14.0. The van der Waals surface area contributed by atoms with E-state index in [2.05, 4.69) is 29.4 Å². The topological polar surface area (TPSA) is 89.8 Å². The van der Waals surface area contributed by atoms with Crippen LogP contribution in [0.5, 0.6) is 0 Å². The second-order valence-electron chi connectivity index (χ2n) is 7.44. The monoisotopic (exact) mass is 431 g/mol. The summed E-state index contributed by atoms with van der Waals surface area (Å²) in [5.74, 6) is 0.952. The Morgan fingerprint density at radius 1 is 1.17 bits per heavy atom. The van der Waals surface area contributed by atoms with Gasteiger partial charge in [0.2, 0.25) is 5.13 Å². The Morgan fingerprint density at radius 2 is 1.97 bits per heavy atom. The third-order valence-electron chi connectivity index (χ3n) is 5.61. The van der Waals surface area contributed by atoms with Crippen LogP contribution in [0.25, 0.3) is 10.2 Å². The molecule has 154 valence electrons. The molecule has 3 aromatic rings. The van der Waals surface area contributed by atoms with Gasteiger partial charge in [-0.1, -0.05) is 31.6 Å². The summed E-state index contributed by atoms with van der Waals surface area (Å²) in [6, 6.07) is 0. The molecule has 4 heterocycles. The molecule has 0 fully saturated rings. The molecule has 29 heavy (non-hydrogen) atoms. The Balaban J connectivity index is 1.66. The van der Waals surface area contributed by atoms with Gasteiger partial charge in [0.25, 0.3) is 11.5 Å². The van der Waals surface area contributed by atoms with E-state index in [0.717, 1.165) is 49.4 Å². The largest absolute Gasteiger partial charge is 0.296 e. The Morgan fingerprint density at radius 3 is 2.72 bits per heavy atom. The molecule has 0 spiro atoms. The Kier molecular flexibility index (Phi) is 5.78. The van der Waals surface area contributed by atoms with Gasteiger partial charge in [0.1, 0.15) is 15.7 Å². The molecule has 9 heteroatoms. The zero-order valence-corrected chi connectivity index (χ0v) is 18.6. The van der Waals surface area contributed by atoms with Crippen LogP contribution in [-0.2, 0) is 13.0 Å². The first kappa shape index (κ1) is 20.2. The number of nitrogens with one attached hydrogen (secondary N) is 1. The van der Waals surface area contributed by atoms with Gasteiger partial charge >= 0.3 is 0 Å². The second kappa shape index (κ2) is 8.31. The maximum atomic E-state index is 13.1. The molecule has 0 radical (unpaired) electrons. The van der Waals surface area contributed by atoms with Crippen LogP contribution in [0.15, 0.2) is 4.79 Å². The highest BCUT2D eigenvalue weighted by molar-refractivity contribution is 7.21. The molecule has 0 unspecified atom stereocenters. The molecule has 0 bridgehead atoms. The minimum atomic E-state index is -0.252. The first-order valence-electron chi connectivity index (χ1n) is 10.2. The van der Waals surface area contributed by atoms with Crippen molar-refractivity contribution in [3.8, 4) is 0 Å². The van der Waals surface area contributed by atoms with Crippen LogP contribution in [0, 0.1) is 6.92 Å². The minimum Gasteiger partial charge on any atom is -0.296 e. The van der Waals surface area contributed by atoms with Crippen molar-refractivity contribution in [1.82, 2.24) is 19.7 Å². The van der Waals surface area contributed by atoms with Crippen LogP contribution in [-0.4, -0.2) is 25.7 Å². The molecule has 1 aliphatic heterocycles. The molecule has 1 N–H and O–H groups in total. The average molecular weight is 432 g/mol. The molecule has 3 aromatic heterocycles. The number of rotatable bonds is 5. The van der Waals surface area contributed by atoms with E-state index in [-0.39, 0.29) is 11.5 Å². The maximum Gasteiger partial charge on any atom is 0.267 e. The van der Waals surface area contributed by atoms with Crippen LogP contribution in [0.2, 0.25) is 0 Å². The number of carbonyl (C=O) groups is 1. The number of amides is 1. The Bertz CT molecular complexity index is 1110. The van der Waals surface area contributed by atoms with Gasteiger partial charge in [-0.15, -0.1) is 21.5 Å². The smallest absolute Gasteiger partial charge is 0.267 e. The number of nitrogens with zero attached hydrogens (tertiary/aromatic N) is 4. The summed E-state index contributed by atoms with van der Waals surface area (Å²) < 4.78 is 1.80. The number of hydrogen-bond donors (Lipinski definition) is 1. The van der Waals surface area contributed by atoms with Gasteiger partial charge in [0, 0.05) is 18.9 Å². The standard InChI is InChI=1S/C20H25N5O2S2/c1-4-12(5-2)17-23-24-20(29-17)22-16(26)15-11(3)14-18(28-15)21-13-9-7-6-8-10-25(13)19(14)27/h12H,4-10H2,1-3H3,(H,22,24,26). The van der Waals surface area contributed by atoms with E-state index in [1.807, 2.05) is 6.92 Å². The summed E-state index contributed by atoms with van der Waals surface area (Å²) in [6.07, 6.45) is 5.96. The number of anilines is 1. The zero-order chi connectivity index (χ0) is 20.5. The third-order valence-corrected chi connectivity index (χ3v) is 7.80. The van der Waals surface area contributed by atoms with Crippen LogP contribution >= 0.6 is 22.7 Å². The molecular formula is C20H25N5O2S2. The highest BCUT2D eigenvalue weighted by Gasteiger charge is 2.23. The van der Waals surface area contributed by atoms with E-state index in [4.69, 9.17) is 4.98 Å². The molecule has 0 saturated heterocycles. The van der Waals surface area contributed by atoms with E-state index < -0.39 is 0 Å². The molecular weight excluding hydrogens is 406 g/mol. The molecule has 0 aromatic carbocycles. The number of aromatic nitrogens is 4. The lowest BCUT2D eigenvalue weighted by Gasteiger charge is -2.08. The molecule has 1 aliphatic rings. The van der Waals surface area contributed by atoms with Crippen molar-refractivity contribution in [2.24, 2.45) is 0 Å². The summed E-state index contributed by atoms with van der Waals surface area (Å²) in [5.41, 5.74) is 0.677. The van der Waals surface area contributed by atoms with Crippen LogP contribution < -0.4 is 10.9 Å². The van der Waals surface area contributed by atoms with Crippen molar-refractivity contribution in [2.45, 2.75) is 71.8 Å². The van der Waals surface area contributed by atoms with Crippen LogP contribution in [0.3, 0.4) is 0 Å². The van der Waals surface area contributed by atoms with Gasteiger partial charge in [-0.05, 0) is 38.2 Å². The van der Waals surface area contributed by atoms with Gasteiger partial charge in [-0.2, -0.15) is 0 Å². The second-order valence-corrected chi connectivity index (χ2v) is 9.45. The van der Waals surface area contributed by atoms with Gasteiger partial charge in [0.05, 0.1) is 10.3 Å². The highest BCUT2D eigenvalue weighted by atomic mass is 32.1. The van der Waals surface area contributed by atoms with E-state index >= 15 is 0 Å².